The number of halogens is 1. The SMILES string of the molecule is O=C(CSc1nncn1-c1ccccc1)N1c2ccccc2Sc2ccc(Cl)cc21. The van der Waals surface area contributed by atoms with Gasteiger partial charge in [-0.3, -0.25) is 14.3 Å². The molecular weight excluding hydrogens is 436 g/mol. The third kappa shape index (κ3) is 3.60. The lowest BCUT2D eigenvalue weighted by molar-refractivity contribution is -0.115. The first-order valence-corrected chi connectivity index (χ1v) is 11.4. The number of thioether (sulfide) groups is 1. The second-order valence-electron chi connectivity index (χ2n) is 6.52. The van der Waals surface area contributed by atoms with Gasteiger partial charge in [0, 0.05) is 20.5 Å². The maximum absolute atomic E-state index is 13.4. The van der Waals surface area contributed by atoms with Crippen LogP contribution >= 0.6 is 35.1 Å². The summed E-state index contributed by atoms with van der Waals surface area (Å²) in [5, 5.41) is 9.48. The Balaban J connectivity index is 1.44. The van der Waals surface area contributed by atoms with Gasteiger partial charge < -0.3 is 0 Å². The molecule has 0 saturated heterocycles. The van der Waals surface area contributed by atoms with Crippen molar-refractivity contribution in [3.05, 3.63) is 84.1 Å². The van der Waals surface area contributed by atoms with Crippen LogP contribution < -0.4 is 4.90 Å². The lowest BCUT2D eigenvalue weighted by atomic mass is 10.2. The van der Waals surface area contributed by atoms with E-state index < -0.39 is 0 Å². The van der Waals surface area contributed by atoms with Crippen LogP contribution in [-0.2, 0) is 4.79 Å². The Morgan fingerprint density at radius 1 is 0.967 bits per heavy atom. The number of anilines is 2. The number of carbonyl (C=O) groups is 1. The fourth-order valence-corrected chi connectivity index (χ4v) is 5.26. The molecule has 4 aromatic rings. The number of fused-ring (bicyclic) bond motifs is 2. The van der Waals surface area contributed by atoms with E-state index in [1.165, 1.54) is 11.8 Å². The molecule has 0 atom stereocenters. The molecule has 5 nitrogen and oxygen atoms in total. The standard InChI is InChI=1S/C22H15ClN4OS2/c23-15-10-11-20-18(12-15)27(17-8-4-5-9-19(17)30-20)21(28)13-29-22-25-24-14-26(22)16-6-2-1-3-7-16/h1-12,14H,13H2. The molecule has 0 unspecified atom stereocenters. The first kappa shape index (κ1) is 19.2. The monoisotopic (exact) mass is 450 g/mol. The van der Waals surface area contributed by atoms with Gasteiger partial charge in [-0.2, -0.15) is 0 Å². The van der Waals surface area contributed by atoms with E-state index in [-0.39, 0.29) is 11.7 Å². The summed E-state index contributed by atoms with van der Waals surface area (Å²) in [6, 6.07) is 23.4. The number of carbonyl (C=O) groups excluding carboxylic acids is 1. The first-order chi connectivity index (χ1) is 14.7. The van der Waals surface area contributed by atoms with Crippen molar-refractivity contribution in [2.24, 2.45) is 0 Å². The molecular formula is C22H15ClN4OS2. The van der Waals surface area contributed by atoms with E-state index in [4.69, 9.17) is 11.6 Å². The smallest absolute Gasteiger partial charge is 0.242 e. The minimum Gasteiger partial charge on any atom is -0.278 e. The van der Waals surface area contributed by atoms with E-state index in [9.17, 15) is 4.79 Å². The van der Waals surface area contributed by atoms with Gasteiger partial charge in [0.05, 0.1) is 17.1 Å². The highest BCUT2D eigenvalue weighted by Crippen LogP contribution is 2.49. The minimum atomic E-state index is -0.0427. The van der Waals surface area contributed by atoms with Gasteiger partial charge in [0.1, 0.15) is 6.33 Å². The van der Waals surface area contributed by atoms with Crippen LogP contribution in [0.2, 0.25) is 5.02 Å². The van der Waals surface area contributed by atoms with Crippen molar-refractivity contribution < 1.29 is 4.79 Å². The Morgan fingerprint density at radius 2 is 1.73 bits per heavy atom. The molecule has 8 heteroatoms. The van der Waals surface area contributed by atoms with Gasteiger partial charge in [-0.15, -0.1) is 10.2 Å². The summed E-state index contributed by atoms with van der Waals surface area (Å²) in [4.78, 5) is 17.2. The van der Waals surface area contributed by atoms with E-state index in [0.29, 0.717) is 10.2 Å². The normalized spacial score (nSPS) is 12.4. The molecule has 0 aliphatic carbocycles. The molecule has 148 valence electrons. The van der Waals surface area contributed by atoms with Crippen molar-refractivity contribution in [1.29, 1.82) is 0 Å². The van der Waals surface area contributed by atoms with Gasteiger partial charge in [0.15, 0.2) is 5.16 Å². The number of aromatic nitrogens is 3. The number of hydrogen-bond donors (Lipinski definition) is 0. The molecule has 0 N–H and O–H groups in total. The zero-order valence-electron chi connectivity index (χ0n) is 15.6. The van der Waals surface area contributed by atoms with Gasteiger partial charge >= 0.3 is 0 Å². The zero-order valence-corrected chi connectivity index (χ0v) is 18.0. The summed E-state index contributed by atoms with van der Waals surface area (Å²) in [5.41, 5.74) is 2.63. The highest BCUT2D eigenvalue weighted by molar-refractivity contribution is 8.00. The predicted molar refractivity (Wildman–Crippen MR) is 121 cm³/mol. The maximum Gasteiger partial charge on any atom is 0.242 e. The van der Waals surface area contributed by atoms with Crippen molar-refractivity contribution in [3.63, 3.8) is 0 Å². The lowest BCUT2D eigenvalue weighted by Crippen LogP contribution is -2.30. The van der Waals surface area contributed by atoms with Gasteiger partial charge in [0.25, 0.3) is 0 Å². The predicted octanol–water partition coefficient (Wildman–Crippen LogP) is 5.84. The fraction of sp³-hybridized carbons (Fsp3) is 0.0455. The van der Waals surface area contributed by atoms with Crippen LogP contribution in [0.25, 0.3) is 5.69 Å². The summed E-state index contributed by atoms with van der Waals surface area (Å²) in [7, 11) is 0. The van der Waals surface area contributed by atoms with E-state index in [0.717, 1.165) is 26.9 Å². The summed E-state index contributed by atoms with van der Waals surface area (Å²) in [6.07, 6.45) is 1.66. The minimum absolute atomic E-state index is 0.0427. The number of benzene rings is 3. The van der Waals surface area contributed by atoms with Gasteiger partial charge in [-0.05, 0) is 42.5 Å². The van der Waals surface area contributed by atoms with Crippen molar-refractivity contribution in [3.8, 4) is 5.69 Å². The second-order valence-corrected chi connectivity index (χ2v) is 8.98. The average Bonchev–Trinajstić information content (AvgIpc) is 3.25. The number of nitrogens with zero attached hydrogens (tertiary/aromatic N) is 4. The van der Waals surface area contributed by atoms with Crippen LogP contribution in [0.3, 0.4) is 0 Å². The molecule has 2 heterocycles. The van der Waals surface area contributed by atoms with Crippen LogP contribution in [0.15, 0.2) is 94.1 Å². The molecule has 30 heavy (non-hydrogen) atoms. The molecule has 1 aliphatic rings. The Labute approximate surface area is 187 Å². The summed E-state index contributed by atoms with van der Waals surface area (Å²) >= 11 is 9.25. The lowest BCUT2D eigenvalue weighted by Gasteiger charge is -2.31. The van der Waals surface area contributed by atoms with Crippen LogP contribution in [0, 0.1) is 0 Å². The van der Waals surface area contributed by atoms with Crippen molar-refractivity contribution >= 4 is 52.4 Å². The molecule has 1 aromatic heterocycles. The number of para-hydroxylation sites is 2. The largest absolute Gasteiger partial charge is 0.278 e. The maximum atomic E-state index is 13.4. The summed E-state index contributed by atoms with van der Waals surface area (Å²) in [6.45, 7) is 0. The third-order valence-electron chi connectivity index (χ3n) is 4.61. The Hall–Kier alpha value is -2.74. The van der Waals surface area contributed by atoms with Crippen LogP contribution in [-0.4, -0.2) is 26.4 Å². The summed E-state index contributed by atoms with van der Waals surface area (Å²) in [5.74, 6) is 0.176. The zero-order chi connectivity index (χ0) is 20.5. The molecule has 3 aromatic carbocycles. The molecule has 1 amide bonds. The van der Waals surface area contributed by atoms with Crippen molar-refractivity contribution in [1.82, 2.24) is 14.8 Å². The molecule has 0 fully saturated rings. The van der Waals surface area contributed by atoms with Gasteiger partial charge in [0.2, 0.25) is 5.91 Å². The quantitative estimate of drug-likeness (QED) is 0.365. The highest BCUT2D eigenvalue weighted by Gasteiger charge is 2.28. The fourth-order valence-electron chi connectivity index (χ4n) is 3.28. The molecule has 1 aliphatic heterocycles. The Morgan fingerprint density at radius 3 is 2.60 bits per heavy atom. The second kappa shape index (κ2) is 8.18. The highest BCUT2D eigenvalue weighted by atomic mass is 35.5. The van der Waals surface area contributed by atoms with Gasteiger partial charge in [-0.25, -0.2) is 0 Å². The third-order valence-corrected chi connectivity index (χ3v) is 6.91. The summed E-state index contributed by atoms with van der Waals surface area (Å²) < 4.78 is 1.88. The van der Waals surface area contributed by atoms with Crippen LogP contribution in [0.4, 0.5) is 11.4 Å². The molecule has 0 saturated carbocycles. The Kier molecular flexibility index (Phi) is 5.25. The average molecular weight is 451 g/mol. The van der Waals surface area contributed by atoms with E-state index in [2.05, 4.69) is 10.2 Å². The van der Waals surface area contributed by atoms with Crippen LogP contribution in [0.5, 0.6) is 0 Å². The van der Waals surface area contributed by atoms with Crippen molar-refractivity contribution in [2.75, 3.05) is 10.7 Å². The van der Waals surface area contributed by atoms with Gasteiger partial charge in [-0.1, -0.05) is 65.5 Å². The number of amides is 1. The molecule has 0 spiro atoms. The number of hydrogen-bond acceptors (Lipinski definition) is 5. The van der Waals surface area contributed by atoms with E-state index in [1.54, 1.807) is 23.0 Å². The Bertz CT molecular complexity index is 1230. The van der Waals surface area contributed by atoms with Crippen LogP contribution in [0.1, 0.15) is 0 Å². The topological polar surface area (TPSA) is 51.0 Å². The molecule has 0 bridgehead atoms. The molecule has 0 radical (unpaired) electrons. The molecule has 5 rings (SSSR count). The number of rotatable bonds is 4. The van der Waals surface area contributed by atoms with E-state index >= 15 is 0 Å². The first-order valence-electron chi connectivity index (χ1n) is 9.18. The van der Waals surface area contributed by atoms with Crippen molar-refractivity contribution in [2.45, 2.75) is 14.9 Å². The van der Waals surface area contributed by atoms with E-state index in [1.807, 2.05) is 77.4 Å².